The van der Waals surface area contributed by atoms with E-state index >= 15 is 0 Å². The minimum atomic E-state index is -1.48. The lowest BCUT2D eigenvalue weighted by Gasteiger charge is -2.02. The average Bonchev–Trinajstić information content (AvgIpc) is 3.07. The van der Waals surface area contributed by atoms with Crippen LogP contribution in [0.25, 0.3) is 0 Å². The number of hydrogen-bond donors (Lipinski definition) is 12. The minimum Gasteiger partial charge on any atom is -0.478 e. The van der Waals surface area contributed by atoms with E-state index in [1.54, 1.807) is 0 Å². The summed E-state index contributed by atoms with van der Waals surface area (Å²) in [5.74, 6) is -12.6. The number of carboxylic acids is 9. The Bertz CT molecular complexity index is 1630. The zero-order chi connectivity index (χ0) is 39.7. The van der Waals surface area contributed by atoms with Gasteiger partial charge in [-0.25, -0.2) is 43.2 Å². The van der Waals surface area contributed by atoms with E-state index in [1.807, 2.05) is 0 Å². The van der Waals surface area contributed by atoms with Gasteiger partial charge in [0.25, 0.3) is 0 Å². The van der Waals surface area contributed by atoms with Gasteiger partial charge in [0.1, 0.15) is 6.10 Å². The summed E-state index contributed by atoms with van der Waals surface area (Å²) in [6.45, 7) is -0.729. The van der Waals surface area contributed by atoms with Gasteiger partial charge in [0.15, 0.2) is 0 Å². The van der Waals surface area contributed by atoms with Gasteiger partial charge in [-0.2, -0.15) is 0 Å². The van der Waals surface area contributed by atoms with Crippen molar-refractivity contribution < 1.29 is 104 Å². The molecule has 51 heavy (non-hydrogen) atoms. The summed E-state index contributed by atoms with van der Waals surface area (Å²) in [5, 5.41) is 102. The van der Waals surface area contributed by atoms with Crippen molar-refractivity contribution >= 4 is 53.7 Å². The van der Waals surface area contributed by atoms with Crippen LogP contribution in [0.1, 0.15) is 93.2 Å². The Hall–Kier alpha value is -7.23. The van der Waals surface area contributed by atoms with Crippen molar-refractivity contribution in [1.29, 1.82) is 0 Å². The molecule has 0 heterocycles. The van der Waals surface area contributed by atoms with Crippen LogP contribution in [-0.2, 0) is 0 Å². The van der Waals surface area contributed by atoms with Crippen LogP contribution in [0.4, 0.5) is 0 Å². The van der Waals surface area contributed by atoms with Crippen molar-refractivity contribution in [3.05, 3.63) is 105 Å². The molecule has 0 bridgehead atoms. The highest BCUT2D eigenvalue weighted by Gasteiger charge is 2.20. The third kappa shape index (κ3) is 13.8. The minimum absolute atomic E-state index is 0.266. The van der Waals surface area contributed by atoms with Gasteiger partial charge in [-0.3, -0.25) is 0 Å². The van der Waals surface area contributed by atoms with E-state index < -0.39 is 93.2 Å². The summed E-state index contributed by atoms with van der Waals surface area (Å²) < 4.78 is 0. The van der Waals surface area contributed by atoms with E-state index in [1.165, 1.54) is 0 Å². The molecule has 0 atom stereocenters. The smallest absolute Gasteiger partial charge is 0.336 e. The third-order valence-electron chi connectivity index (χ3n) is 5.60. The summed E-state index contributed by atoms with van der Waals surface area (Å²) in [6, 6.07) is 8.42. The van der Waals surface area contributed by atoms with Gasteiger partial charge in [0, 0.05) is 0 Å². The molecule has 0 amide bonds. The van der Waals surface area contributed by atoms with Gasteiger partial charge in [0.2, 0.25) is 0 Å². The lowest BCUT2D eigenvalue weighted by molar-refractivity contribution is 0.0450. The topological polar surface area (TPSA) is 396 Å². The van der Waals surface area contributed by atoms with Crippen LogP contribution in [0, 0.1) is 0 Å². The lowest BCUT2D eigenvalue weighted by Crippen LogP contribution is -2.15. The molecular formula is C30H26O21. The molecule has 3 aromatic rings. The molecule has 0 saturated carbocycles. The van der Waals surface area contributed by atoms with E-state index in [4.69, 9.17) is 61.3 Å². The number of carbonyl (C=O) groups is 9. The van der Waals surface area contributed by atoms with E-state index in [-0.39, 0.29) is 29.9 Å². The number of rotatable bonds is 11. The molecule has 0 aliphatic heterocycles. The standard InChI is InChI=1S/3C9H6O6.C3H8O3/c3*10-7(11)4-1-2-5(8(12)13)6(3-4)9(14)15;4-1-3(6)2-5/h3*1-3H,(H,10,11)(H,12,13)(H,14,15);3-6H,1-2H2. The molecule has 0 aliphatic rings. The van der Waals surface area contributed by atoms with Crippen LogP contribution in [0.2, 0.25) is 0 Å². The summed E-state index contributed by atoms with van der Waals surface area (Å²) in [6.07, 6.45) is -0.954. The van der Waals surface area contributed by atoms with Crippen molar-refractivity contribution in [3.63, 3.8) is 0 Å². The van der Waals surface area contributed by atoms with Gasteiger partial charge in [-0.05, 0) is 54.6 Å². The second-order valence-electron chi connectivity index (χ2n) is 9.05. The molecule has 272 valence electrons. The largest absolute Gasteiger partial charge is 0.478 e. The van der Waals surface area contributed by atoms with Crippen LogP contribution in [-0.4, -0.2) is 134 Å². The molecule has 12 N–H and O–H groups in total. The highest BCUT2D eigenvalue weighted by atomic mass is 16.4. The fourth-order valence-electron chi connectivity index (χ4n) is 3.18. The average molecular weight is 723 g/mol. The zero-order valence-electron chi connectivity index (χ0n) is 25.2. The Balaban J connectivity index is 0.000000681. The molecule has 3 rings (SSSR count). The van der Waals surface area contributed by atoms with Gasteiger partial charge in [-0.1, -0.05) is 0 Å². The quantitative estimate of drug-likeness (QED) is 0.129. The summed E-state index contributed by atoms with van der Waals surface area (Å²) in [5.41, 5.74) is -3.73. The molecule has 0 fully saturated rings. The van der Waals surface area contributed by atoms with Crippen molar-refractivity contribution in [2.45, 2.75) is 6.10 Å². The second kappa shape index (κ2) is 20.2. The maximum Gasteiger partial charge on any atom is 0.336 e. The van der Waals surface area contributed by atoms with E-state index in [0.29, 0.717) is 0 Å². The van der Waals surface area contributed by atoms with E-state index in [2.05, 4.69) is 0 Å². The Morgan fingerprint density at radius 1 is 0.353 bits per heavy atom. The summed E-state index contributed by atoms with van der Waals surface area (Å²) in [7, 11) is 0. The second-order valence-corrected chi connectivity index (χ2v) is 9.05. The van der Waals surface area contributed by atoms with Gasteiger partial charge in [0.05, 0.1) is 63.3 Å². The molecule has 0 radical (unpaired) electrons. The molecule has 21 heteroatoms. The Morgan fingerprint density at radius 2 is 0.549 bits per heavy atom. The zero-order valence-corrected chi connectivity index (χ0v) is 25.2. The Labute approximate surface area is 282 Å². The van der Waals surface area contributed by atoms with Crippen molar-refractivity contribution in [2.24, 2.45) is 0 Å². The van der Waals surface area contributed by atoms with Crippen molar-refractivity contribution in [1.82, 2.24) is 0 Å². The predicted molar refractivity (Wildman–Crippen MR) is 162 cm³/mol. The lowest BCUT2D eigenvalue weighted by atomic mass is 10.0. The highest BCUT2D eigenvalue weighted by Crippen LogP contribution is 2.15. The monoisotopic (exact) mass is 722 g/mol. The van der Waals surface area contributed by atoms with Gasteiger partial charge in [-0.15, -0.1) is 0 Å². The first kappa shape index (κ1) is 43.8. The highest BCUT2D eigenvalue weighted by molar-refractivity contribution is 6.05. The first-order valence-electron chi connectivity index (χ1n) is 13.0. The third-order valence-corrected chi connectivity index (χ3v) is 5.60. The fraction of sp³-hybridized carbons (Fsp3) is 0.100. The normalized spacial score (nSPS) is 9.65. The Kier molecular flexibility index (Phi) is 17.3. The van der Waals surface area contributed by atoms with Crippen LogP contribution in [0.15, 0.2) is 54.6 Å². The fourth-order valence-corrected chi connectivity index (χ4v) is 3.18. The van der Waals surface area contributed by atoms with E-state index in [0.717, 1.165) is 54.6 Å². The molecule has 0 saturated heterocycles. The molecule has 0 spiro atoms. The number of carboxylic acid groups (broad SMARTS) is 9. The maximum atomic E-state index is 10.6. The van der Waals surface area contributed by atoms with Gasteiger partial charge < -0.3 is 61.3 Å². The van der Waals surface area contributed by atoms with E-state index in [9.17, 15) is 43.2 Å². The molecule has 0 unspecified atom stereocenters. The molecule has 0 aliphatic carbocycles. The number of aromatic carboxylic acids is 9. The molecule has 21 nitrogen and oxygen atoms in total. The summed E-state index contributed by atoms with van der Waals surface area (Å²) in [4.78, 5) is 95.3. The number of aliphatic hydroxyl groups is 3. The van der Waals surface area contributed by atoms with Crippen LogP contribution in [0.5, 0.6) is 0 Å². The first-order chi connectivity index (χ1) is 23.6. The summed E-state index contributed by atoms with van der Waals surface area (Å²) >= 11 is 0. The van der Waals surface area contributed by atoms with Crippen molar-refractivity contribution in [2.75, 3.05) is 13.2 Å². The maximum absolute atomic E-state index is 10.6. The molecular weight excluding hydrogens is 696 g/mol. The first-order valence-corrected chi connectivity index (χ1v) is 13.0. The van der Waals surface area contributed by atoms with Gasteiger partial charge >= 0.3 is 53.7 Å². The SMILES string of the molecule is O=C(O)c1ccc(C(=O)O)c(C(=O)O)c1.O=C(O)c1ccc(C(=O)O)c(C(=O)O)c1.O=C(O)c1ccc(C(=O)O)c(C(=O)O)c1.OCC(O)CO. The van der Waals surface area contributed by atoms with Crippen LogP contribution < -0.4 is 0 Å². The molecule has 3 aromatic carbocycles. The predicted octanol–water partition coefficient (Wildman–Crippen LogP) is 0.676. The number of hydrogen-bond acceptors (Lipinski definition) is 12. The molecule has 0 aromatic heterocycles. The Morgan fingerprint density at radius 3 is 0.667 bits per heavy atom. The van der Waals surface area contributed by atoms with Crippen LogP contribution in [0.3, 0.4) is 0 Å². The van der Waals surface area contributed by atoms with Crippen LogP contribution >= 0.6 is 0 Å². The number of aliphatic hydroxyl groups excluding tert-OH is 3. The van der Waals surface area contributed by atoms with Crippen molar-refractivity contribution in [3.8, 4) is 0 Å². The number of benzene rings is 3.